The summed E-state index contributed by atoms with van der Waals surface area (Å²) in [6.45, 7) is 4.01. The predicted octanol–water partition coefficient (Wildman–Crippen LogP) is 2.78. The van der Waals surface area contributed by atoms with Crippen LogP contribution in [0.4, 0.5) is 0 Å². The molecule has 1 N–H and O–H groups in total. The van der Waals surface area contributed by atoms with Gasteiger partial charge in [-0.1, -0.05) is 19.8 Å². The molecule has 1 aromatic rings. The van der Waals surface area contributed by atoms with Gasteiger partial charge in [-0.2, -0.15) is 0 Å². The molecule has 1 saturated carbocycles. The Balaban J connectivity index is 2.17. The van der Waals surface area contributed by atoms with Crippen molar-refractivity contribution in [3.8, 4) is 0 Å². The maximum Gasteiger partial charge on any atom is 0.339 e. The topological polar surface area (TPSA) is 63.1 Å². The Morgan fingerprint density at radius 1 is 1.35 bits per heavy atom. The van der Waals surface area contributed by atoms with Gasteiger partial charge < -0.3 is 5.11 Å². The van der Waals surface area contributed by atoms with Crippen molar-refractivity contribution < 1.29 is 9.90 Å². The minimum atomic E-state index is -0.952. The second kappa shape index (κ2) is 4.82. The molecule has 92 valence electrons. The lowest BCUT2D eigenvalue weighted by atomic mass is 9.82. The van der Waals surface area contributed by atoms with Gasteiger partial charge in [-0.25, -0.2) is 14.8 Å². The molecule has 0 bridgehead atoms. The van der Waals surface area contributed by atoms with Crippen molar-refractivity contribution >= 4 is 5.97 Å². The van der Waals surface area contributed by atoms with Crippen molar-refractivity contribution in [1.82, 2.24) is 9.97 Å². The average molecular weight is 234 g/mol. The van der Waals surface area contributed by atoms with Gasteiger partial charge in [-0.15, -0.1) is 0 Å². The monoisotopic (exact) mass is 234 g/mol. The van der Waals surface area contributed by atoms with E-state index in [0.29, 0.717) is 11.6 Å². The zero-order valence-electron chi connectivity index (χ0n) is 10.3. The van der Waals surface area contributed by atoms with Crippen LogP contribution in [0.5, 0.6) is 0 Å². The Bertz CT molecular complexity index is 423. The van der Waals surface area contributed by atoms with Crippen molar-refractivity contribution in [3.05, 3.63) is 23.3 Å². The van der Waals surface area contributed by atoms with E-state index in [1.165, 1.54) is 19.0 Å². The first kappa shape index (κ1) is 12.0. The number of carboxylic acid groups (broad SMARTS) is 1. The summed E-state index contributed by atoms with van der Waals surface area (Å²) in [7, 11) is 0. The van der Waals surface area contributed by atoms with Crippen LogP contribution in [0.3, 0.4) is 0 Å². The SMILES string of the molecule is Cc1nc(C2CCC(C)CC2)ncc1C(=O)O. The number of aryl methyl sites for hydroxylation is 1. The molecule has 2 rings (SSSR count). The highest BCUT2D eigenvalue weighted by atomic mass is 16.4. The molecule has 0 spiro atoms. The Hall–Kier alpha value is -1.45. The molecular formula is C13H18N2O2. The molecule has 4 nitrogen and oxygen atoms in total. The number of carboxylic acids is 1. The average Bonchev–Trinajstić information content (AvgIpc) is 2.29. The second-order valence-corrected chi connectivity index (χ2v) is 4.99. The van der Waals surface area contributed by atoms with Gasteiger partial charge in [0, 0.05) is 12.1 Å². The van der Waals surface area contributed by atoms with Crippen LogP contribution >= 0.6 is 0 Å². The van der Waals surface area contributed by atoms with Crippen LogP contribution in [0.1, 0.15) is 60.4 Å². The molecule has 0 aliphatic heterocycles. The van der Waals surface area contributed by atoms with Crippen molar-refractivity contribution in [3.63, 3.8) is 0 Å². The smallest absolute Gasteiger partial charge is 0.339 e. The second-order valence-electron chi connectivity index (χ2n) is 4.99. The summed E-state index contributed by atoms with van der Waals surface area (Å²) in [6.07, 6.45) is 6.11. The van der Waals surface area contributed by atoms with Crippen molar-refractivity contribution in [2.24, 2.45) is 5.92 Å². The van der Waals surface area contributed by atoms with E-state index in [1.54, 1.807) is 6.92 Å². The number of aromatic nitrogens is 2. The molecular weight excluding hydrogens is 216 g/mol. The number of nitrogens with zero attached hydrogens (tertiary/aromatic N) is 2. The normalized spacial score (nSPS) is 24.6. The minimum absolute atomic E-state index is 0.206. The van der Waals surface area contributed by atoms with Crippen LogP contribution in [-0.2, 0) is 0 Å². The van der Waals surface area contributed by atoms with Gasteiger partial charge in [-0.05, 0) is 25.7 Å². The Labute approximate surface area is 101 Å². The Morgan fingerprint density at radius 3 is 2.53 bits per heavy atom. The van der Waals surface area contributed by atoms with Crippen LogP contribution in [0, 0.1) is 12.8 Å². The molecule has 4 heteroatoms. The summed E-state index contributed by atoms with van der Waals surface area (Å²) < 4.78 is 0. The van der Waals surface area contributed by atoms with Gasteiger partial charge in [0.2, 0.25) is 0 Å². The summed E-state index contributed by atoms with van der Waals surface area (Å²) in [5.74, 6) is 1.07. The lowest BCUT2D eigenvalue weighted by Gasteiger charge is -2.25. The summed E-state index contributed by atoms with van der Waals surface area (Å²) in [5.41, 5.74) is 0.777. The molecule has 1 aliphatic rings. The van der Waals surface area contributed by atoms with E-state index in [1.807, 2.05) is 0 Å². The van der Waals surface area contributed by atoms with E-state index in [4.69, 9.17) is 5.11 Å². The quantitative estimate of drug-likeness (QED) is 0.854. The van der Waals surface area contributed by atoms with E-state index >= 15 is 0 Å². The van der Waals surface area contributed by atoms with Gasteiger partial charge in [0.25, 0.3) is 0 Å². The number of carbonyl (C=O) groups is 1. The molecule has 0 amide bonds. The molecule has 17 heavy (non-hydrogen) atoms. The van der Waals surface area contributed by atoms with E-state index in [9.17, 15) is 4.79 Å². The number of hydrogen-bond donors (Lipinski definition) is 1. The van der Waals surface area contributed by atoms with Crippen LogP contribution in [-0.4, -0.2) is 21.0 Å². The standard InChI is InChI=1S/C13H18N2O2/c1-8-3-5-10(6-4-8)12-14-7-11(13(16)17)9(2)15-12/h7-8,10H,3-6H2,1-2H3,(H,16,17). The van der Waals surface area contributed by atoms with E-state index < -0.39 is 5.97 Å². The maximum absolute atomic E-state index is 10.9. The Kier molecular flexibility index (Phi) is 3.41. The molecule has 1 fully saturated rings. The van der Waals surface area contributed by atoms with Crippen LogP contribution in [0.15, 0.2) is 6.20 Å². The summed E-state index contributed by atoms with van der Waals surface area (Å²) in [5, 5.41) is 8.92. The van der Waals surface area contributed by atoms with Crippen molar-refractivity contribution in [1.29, 1.82) is 0 Å². The van der Waals surface area contributed by atoms with E-state index in [2.05, 4.69) is 16.9 Å². The van der Waals surface area contributed by atoms with Gasteiger partial charge >= 0.3 is 5.97 Å². The first-order chi connectivity index (χ1) is 8.08. The van der Waals surface area contributed by atoms with Crippen LogP contribution in [0.25, 0.3) is 0 Å². The fourth-order valence-electron chi connectivity index (χ4n) is 2.41. The molecule has 0 unspecified atom stereocenters. The lowest BCUT2D eigenvalue weighted by molar-refractivity contribution is 0.0695. The summed E-state index contributed by atoms with van der Waals surface area (Å²) >= 11 is 0. The van der Waals surface area contributed by atoms with E-state index in [-0.39, 0.29) is 5.56 Å². The summed E-state index contributed by atoms with van der Waals surface area (Å²) in [6, 6.07) is 0. The van der Waals surface area contributed by atoms with Gasteiger partial charge in [-0.3, -0.25) is 0 Å². The molecule has 1 heterocycles. The predicted molar refractivity (Wildman–Crippen MR) is 64.1 cm³/mol. The zero-order valence-corrected chi connectivity index (χ0v) is 10.3. The third kappa shape index (κ3) is 2.62. The number of hydrogen-bond acceptors (Lipinski definition) is 3. The fraction of sp³-hybridized carbons (Fsp3) is 0.615. The van der Waals surface area contributed by atoms with Crippen LogP contribution < -0.4 is 0 Å². The van der Waals surface area contributed by atoms with E-state index in [0.717, 1.165) is 24.6 Å². The van der Waals surface area contributed by atoms with Crippen molar-refractivity contribution in [2.45, 2.75) is 45.4 Å². The third-order valence-corrected chi connectivity index (χ3v) is 3.61. The first-order valence-corrected chi connectivity index (χ1v) is 6.14. The Morgan fingerprint density at radius 2 is 2.00 bits per heavy atom. The largest absolute Gasteiger partial charge is 0.478 e. The molecule has 1 aromatic heterocycles. The number of aromatic carboxylic acids is 1. The molecule has 1 aliphatic carbocycles. The molecule has 0 saturated heterocycles. The molecule has 0 aromatic carbocycles. The summed E-state index contributed by atoms with van der Waals surface area (Å²) in [4.78, 5) is 19.4. The lowest BCUT2D eigenvalue weighted by Crippen LogP contribution is -2.15. The highest BCUT2D eigenvalue weighted by Crippen LogP contribution is 2.33. The number of rotatable bonds is 2. The van der Waals surface area contributed by atoms with Gasteiger partial charge in [0.05, 0.1) is 11.3 Å². The molecule has 0 atom stereocenters. The zero-order chi connectivity index (χ0) is 12.4. The minimum Gasteiger partial charge on any atom is -0.478 e. The van der Waals surface area contributed by atoms with Crippen LogP contribution in [0.2, 0.25) is 0 Å². The van der Waals surface area contributed by atoms with Crippen molar-refractivity contribution in [2.75, 3.05) is 0 Å². The van der Waals surface area contributed by atoms with Gasteiger partial charge in [0.15, 0.2) is 0 Å². The van der Waals surface area contributed by atoms with Gasteiger partial charge in [0.1, 0.15) is 5.82 Å². The highest BCUT2D eigenvalue weighted by molar-refractivity contribution is 5.88. The maximum atomic E-state index is 10.9. The third-order valence-electron chi connectivity index (χ3n) is 3.61. The fourth-order valence-corrected chi connectivity index (χ4v) is 2.41. The molecule has 0 radical (unpaired) electrons. The highest BCUT2D eigenvalue weighted by Gasteiger charge is 2.22. The first-order valence-electron chi connectivity index (χ1n) is 6.14.